The highest BCUT2D eigenvalue weighted by atomic mass is 32.2. The van der Waals surface area contributed by atoms with Crippen LogP contribution >= 0.6 is 11.8 Å². The van der Waals surface area contributed by atoms with Crippen LogP contribution in [-0.2, 0) is 19.4 Å². The maximum Gasteiger partial charge on any atom is 0.234 e. The maximum atomic E-state index is 12.0. The van der Waals surface area contributed by atoms with Crippen molar-refractivity contribution in [3.05, 3.63) is 48.5 Å². The Morgan fingerprint density at radius 3 is 2.11 bits per heavy atom. The molecule has 0 saturated heterocycles. The molecule has 0 aromatic heterocycles. The van der Waals surface area contributed by atoms with Crippen LogP contribution in [-0.4, -0.2) is 45.1 Å². The fourth-order valence-electron chi connectivity index (χ4n) is 2.11. The summed E-state index contributed by atoms with van der Waals surface area (Å²) in [6, 6.07) is 12.9. The van der Waals surface area contributed by atoms with Gasteiger partial charge in [-0.3, -0.25) is 9.59 Å². The van der Waals surface area contributed by atoms with Gasteiger partial charge >= 0.3 is 0 Å². The number of benzene rings is 2. The lowest BCUT2D eigenvalue weighted by atomic mass is 10.3. The number of thioether (sulfide) groups is 1. The Morgan fingerprint density at radius 1 is 0.963 bits per heavy atom. The molecule has 2 aromatic carbocycles. The standard InChI is InChI=1S/C18H20N2O5S2/c1-25-15-8-6-13(7-9-15)19-17(21)11-26-12-18(22)20-14-4-3-5-16(10-14)27(2,23)24/h3-10H,11-12H2,1-2H3,(H,19,21)(H,20,22). The number of hydrogen-bond acceptors (Lipinski definition) is 6. The third-order valence-corrected chi connectivity index (χ3v) is 5.43. The normalized spacial score (nSPS) is 10.9. The summed E-state index contributed by atoms with van der Waals surface area (Å²) in [6.07, 6.45) is 1.10. The molecule has 2 amide bonds. The summed E-state index contributed by atoms with van der Waals surface area (Å²) in [7, 11) is -1.78. The Bertz CT molecular complexity index is 912. The van der Waals surface area contributed by atoms with E-state index >= 15 is 0 Å². The van der Waals surface area contributed by atoms with Gasteiger partial charge in [0.25, 0.3) is 0 Å². The van der Waals surface area contributed by atoms with E-state index in [0.717, 1.165) is 18.0 Å². The third-order valence-electron chi connectivity index (χ3n) is 3.39. The minimum atomic E-state index is -3.34. The van der Waals surface area contributed by atoms with Gasteiger partial charge in [0.1, 0.15) is 5.75 Å². The summed E-state index contributed by atoms with van der Waals surface area (Å²) in [5, 5.41) is 5.35. The molecular formula is C18H20N2O5S2. The molecule has 144 valence electrons. The number of nitrogens with one attached hydrogen (secondary N) is 2. The molecule has 0 atom stereocenters. The van der Waals surface area contributed by atoms with Gasteiger partial charge < -0.3 is 15.4 Å². The molecule has 9 heteroatoms. The number of carbonyl (C=O) groups is 2. The molecule has 0 heterocycles. The van der Waals surface area contributed by atoms with Crippen LogP contribution in [0.25, 0.3) is 0 Å². The van der Waals surface area contributed by atoms with E-state index in [-0.39, 0.29) is 28.2 Å². The molecule has 0 aliphatic carbocycles. The monoisotopic (exact) mass is 408 g/mol. The number of ether oxygens (including phenoxy) is 1. The van der Waals surface area contributed by atoms with E-state index < -0.39 is 9.84 Å². The smallest absolute Gasteiger partial charge is 0.234 e. The minimum Gasteiger partial charge on any atom is -0.497 e. The van der Waals surface area contributed by atoms with E-state index in [1.165, 1.54) is 12.1 Å². The summed E-state index contributed by atoms with van der Waals surface area (Å²) >= 11 is 1.16. The van der Waals surface area contributed by atoms with Crippen LogP contribution in [0.3, 0.4) is 0 Å². The van der Waals surface area contributed by atoms with Crippen molar-refractivity contribution < 1.29 is 22.7 Å². The quantitative estimate of drug-likeness (QED) is 0.696. The van der Waals surface area contributed by atoms with Crippen LogP contribution in [0.5, 0.6) is 5.75 Å². The van der Waals surface area contributed by atoms with E-state index in [1.54, 1.807) is 43.5 Å². The van der Waals surface area contributed by atoms with Crippen molar-refractivity contribution in [2.24, 2.45) is 0 Å². The van der Waals surface area contributed by atoms with Crippen molar-refractivity contribution in [3.8, 4) is 5.75 Å². The van der Waals surface area contributed by atoms with Gasteiger partial charge in [0, 0.05) is 17.6 Å². The molecule has 7 nitrogen and oxygen atoms in total. The average Bonchev–Trinajstić information content (AvgIpc) is 2.62. The molecule has 2 rings (SSSR count). The molecule has 0 aliphatic heterocycles. The molecule has 2 aromatic rings. The number of methoxy groups -OCH3 is 1. The van der Waals surface area contributed by atoms with E-state index in [4.69, 9.17) is 4.74 Å². The maximum absolute atomic E-state index is 12.0. The summed E-state index contributed by atoms with van der Waals surface area (Å²) in [5.74, 6) is 0.334. The van der Waals surface area contributed by atoms with E-state index in [2.05, 4.69) is 10.6 Å². The highest BCUT2D eigenvalue weighted by Crippen LogP contribution is 2.17. The SMILES string of the molecule is COc1ccc(NC(=O)CSCC(=O)Nc2cccc(S(C)(=O)=O)c2)cc1. The Morgan fingerprint density at radius 2 is 1.56 bits per heavy atom. The molecule has 0 unspecified atom stereocenters. The van der Waals surface area contributed by atoms with Gasteiger partial charge in [-0.2, -0.15) is 0 Å². The second-order valence-electron chi connectivity index (χ2n) is 5.62. The van der Waals surface area contributed by atoms with Crippen molar-refractivity contribution >= 4 is 44.8 Å². The largest absolute Gasteiger partial charge is 0.497 e. The first kappa shape index (κ1) is 20.8. The van der Waals surface area contributed by atoms with Crippen molar-refractivity contribution in [2.45, 2.75) is 4.90 Å². The first-order valence-electron chi connectivity index (χ1n) is 7.89. The van der Waals surface area contributed by atoms with Gasteiger partial charge in [0.2, 0.25) is 11.8 Å². The van der Waals surface area contributed by atoms with Crippen molar-refractivity contribution in [1.82, 2.24) is 0 Å². The van der Waals surface area contributed by atoms with Crippen LogP contribution < -0.4 is 15.4 Å². The molecule has 0 fully saturated rings. The molecule has 0 aliphatic rings. The number of amides is 2. The summed E-state index contributed by atoms with van der Waals surface area (Å²) < 4.78 is 28.1. The van der Waals surface area contributed by atoms with Crippen molar-refractivity contribution in [2.75, 3.05) is 35.5 Å². The number of carbonyl (C=O) groups excluding carboxylic acids is 2. The summed E-state index contributed by atoms with van der Waals surface area (Å²) in [5.41, 5.74) is 1.04. The highest BCUT2D eigenvalue weighted by Gasteiger charge is 2.10. The number of hydrogen-bond donors (Lipinski definition) is 2. The Kier molecular flexibility index (Phi) is 7.26. The summed E-state index contributed by atoms with van der Waals surface area (Å²) in [6.45, 7) is 0. The number of rotatable bonds is 8. The lowest BCUT2D eigenvalue weighted by molar-refractivity contribution is -0.114. The fraction of sp³-hybridized carbons (Fsp3) is 0.222. The predicted molar refractivity (Wildman–Crippen MR) is 107 cm³/mol. The Labute approximate surface area is 162 Å². The zero-order valence-corrected chi connectivity index (χ0v) is 16.5. The lowest BCUT2D eigenvalue weighted by Crippen LogP contribution is -2.18. The molecule has 0 spiro atoms. The second-order valence-corrected chi connectivity index (χ2v) is 8.62. The van der Waals surface area contributed by atoms with Gasteiger partial charge in [-0.1, -0.05) is 6.07 Å². The third kappa shape index (κ3) is 6.95. The van der Waals surface area contributed by atoms with Gasteiger partial charge in [-0.25, -0.2) is 8.42 Å². The van der Waals surface area contributed by atoms with Crippen LogP contribution in [0, 0.1) is 0 Å². The van der Waals surface area contributed by atoms with Gasteiger partial charge in [-0.05, 0) is 42.5 Å². The highest BCUT2D eigenvalue weighted by molar-refractivity contribution is 8.00. The van der Waals surface area contributed by atoms with Crippen molar-refractivity contribution in [3.63, 3.8) is 0 Å². The van der Waals surface area contributed by atoms with Gasteiger partial charge in [0.15, 0.2) is 9.84 Å². The molecule has 0 bridgehead atoms. The fourth-order valence-corrected chi connectivity index (χ4v) is 3.39. The summed E-state index contributed by atoms with van der Waals surface area (Å²) in [4.78, 5) is 24.0. The van der Waals surface area contributed by atoms with E-state index in [9.17, 15) is 18.0 Å². The first-order chi connectivity index (χ1) is 12.8. The van der Waals surface area contributed by atoms with Crippen LogP contribution in [0.15, 0.2) is 53.4 Å². The predicted octanol–water partition coefficient (Wildman–Crippen LogP) is 2.41. The topological polar surface area (TPSA) is 102 Å². The van der Waals surface area contributed by atoms with Gasteiger partial charge in [0.05, 0.1) is 23.5 Å². The minimum absolute atomic E-state index is 0.0686. The van der Waals surface area contributed by atoms with E-state index in [0.29, 0.717) is 17.1 Å². The number of sulfone groups is 1. The molecule has 27 heavy (non-hydrogen) atoms. The second kappa shape index (κ2) is 9.43. The van der Waals surface area contributed by atoms with Crippen molar-refractivity contribution in [1.29, 1.82) is 0 Å². The molecular weight excluding hydrogens is 388 g/mol. The number of anilines is 2. The zero-order chi connectivity index (χ0) is 19.9. The van der Waals surface area contributed by atoms with Crippen LogP contribution in [0.4, 0.5) is 11.4 Å². The molecule has 0 radical (unpaired) electrons. The zero-order valence-electron chi connectivity index (χ0n) is 14.9. The van der Waals surface area contributed by atoms with Crippen LogP contribution in [0.2, 0.25) is 0 Å². The Hall–Kier alpha value is -2.52. The lowest BCUT2D eigenvalue weighted by Gasteiger charge is -2.08. The molecule has 2 N–H and O–H groups in total. The first-order valence-corrected chi connectivity index (χ1v) is 10.9. The average molecular weight is 409 g/mol. The van der Waals surface area contributed by atoms with Gasteiger partial charge in [-0.15, -0.1) is 11.8 Å². The van der Waals surface area contributed by atoms with Crippen LogP contribution in [0.1, 0.15) is 0 Å². The van der Waals surface area contributed by atoms with E-state index in [1.807, 2.05) is 0 Å². The Balaban J connectivity index is 1.77. The molecule has 0 saturated carbocycles.